The number of aliphatic imine (C=N–C) groups is 1. The number of amidine groups is 1. The maximum Gasteiger partial charge on any atom is 0.139 e. The highest BCUT2D eigenvalue weighted by atomic mass is 16.3. The van der Waals surface area contributed by atoms with Gasteiger partial charge in [0.2, 0.25) is 0 Å². The van der Waals surface area contributed by atoms with Crippen LogP contribution < -0.4 is 5.32 Å². The van der Waals surface area contributed by atoms with Crippen LogP contribution in [-0.4, -0.2) is 5.84 Å². The Labute approximate surface area is 265 Å². The molecule has 0 saturated heterocycles. The van der Waals surface area contributed by atoms with Gasteiger partial charge in [-0.15, -0.1) is 0 Å². The molecule has 8 aromatic rings. The summed E-state index contributed by atoms with van der Waals surface area (Å²) in [6.45, 7) is 0. The van der Waals surface area contributed by atoms with E-state index in [1.165, 1.54) is 0 Å². The molecule has 0 amide bonds. The topological polar surface area (TPSA) is 50.7 Å². The van der Waals surface area contributed by atoms with Crippen LogP contribution >= 0.6 is 0 Å². The minimum Gasteiger partial charge on any atom is -0.456 e. The third kappa shape index (κ3) is 4.42. The molecule has 0 bridgehead atoms. The summed E-state index contributed by atoms with van der Waals surface area (Å²) in [5.74, 6) is 0.770. The van der Waals surface area contributed by atoms with Crippen LogP contribution in [0, 0.1) is 0 Å². The second-order valence-corrected chi connectivity index (χ2v) is 11.5. The van der Waals surface area contributed by atoms with E-state index < -0.39 is 0 Å². The van der Waals surface area contributed by atoms with E-state index in [2.05, 4.69) is 115 Å². The van der Waals surface area contributed by atoms with Crippen LogP contribution in [0.15, 0.2) is 166 Å². The number of furan rings is 2. The lowest BCUT2D eigenvalue weighted by Gasteiger charge is -2.18. The first-order valence-corrected chi connectivity index (χ1v) is 15.5. The molecule has 2 aromatic heterocycles. The number of allylic oxidation sites excluding steroid dienone is 2. The van der Waals surface area contributed by atoms with Crippen molar-refractivity contribution in [3.05, 3.63) is 168 Å². The lowest BCUT2D eigenvalue weighted by atomic mass is 9.97. The van der Waals surface area contributed by atoms with Gasteiger partial charge in [0.15, 0.2) is 0 Å². The second-order valence-electron chi connectivity index (χ2n) is 11.5. The largest absolute Gasteiger partial charge is 0.456 e. The summed E-state index contributed by atoms with van der Waals surface area (Å²) >= 11 is 0. The lowest BCUT2D eigenvalue weighted by molar-refractivity contribution is 0.669. The summed E-state index contributed by atoms with van der Waals surface area (Å²) in [5, 5.41) is 8.03. The summed E-state index contributed by atoms with van der Waals surface area (Å²) in [5.41, 5.74) is 10.8. The Kier molecular flexibility index (Phi) is 6.17. The van der Waals surface area contributed by atoms with Gasteiger partial charge in [-0.25, -0.2) is 4.99 Å². The van der Waals surface area contributed by atoms with Gasteiger partial charge in [-0.2, -0.15) is 0 Å². The van der Waals surface area contributed by atoms with Gasteiger partial charge in [0, 0.05) is 32.8 Å². The SMILES string of the molecule is C1=C(c2ccccc2)N=C(c2cccc3oc4ccc(-c5cccc6oc7ccccc7c56)cc4c23)N/C(c2ccccc2)=C/C1. The molecule has 0 radical (unpaired) electrons. The fourth-order valence-corrected chi connectivity index (χ4v) is 6.59. The number of para-hydroxylation sites is 1. The van der Waals surface area contributed by atoms with Crippen molar-refractivity contribution in [3.63, 3.8) is 0 Å². The first-order chi connectivity index (χ1) is 22.8. The van der Waals surface area contributed by atoms with Crippen molar-refractivity contribution in [2.75, 3.05) is 0 Å². The smallest absolute Gasteiger partial charge is 0.139 e. The predicted octanol–water partition coefficient (Wildman–Crippen LogP) is 11.0. The van der Waals surface area contributed by atoms with E-state index in [1.807, 2.05) is 42.5 Å². The molecule has 1 aliphatic heterocycles. The van der Waals surface area contributed by atoms with E-state index in [0.29, 0.717) is 0 Å². The molecule has 4 nitrogen and oxygen atoms in total. The molecular formula is C42H28N2O2. The Hall–Kier alpha value is -6.13. The summed E-state index contributed by atoms with van der Waals surface area (Å²) in [6, 6.07) is 47.9. The highest BCUT2D eigenvalue weighted by Crippen LogP contribution is 2.40. The Morgan fingerprint density at radius 3 is 1.89 bits per heavy atom. The Bertz CT molecular complexity index is 2510. The number of fused-ring (bicyclic) bond motifs is 6. The molecule has 218 valence electrons. The van der Waals surface area contributed by atoms with Gasteiger partial charge in [-0.3, -0.25) is 0 Å². The van der Waals surface area contributed by atoms with Gasteiger partial charge in [0.05, 0.1) is 5.70 Å². The quantitative estimate of drug-likeness (QED) is 0.221. The van der Waals surface area contributed by atoms with E-state index in [9.17, 15) is 0 Å². The molecule has 4 heteroatoms. The van der Waals surface area contributed by atoms with Crippen molar-refractivity contribution >= 4 is 61.1 Å². The number of hydrogen-bond acceptors (Lipinski definition) is 4. The Balaban J connectivity index is 1.26. The summed E-state index contributed by atoms with van der Waals surface area (Å²) < 4.78 is 12.7. The van der Waals surface area contributed by atoms with Gasteiger partial charge in [-0.05, 0) is 59.0 Å². The minimum atomic E-state index is 0.759. The number of rotatable bonds is 4. The molecule has 1 aliphatic rings. The first-order valence-electron chi connectivity index (χ1n) is 15.5. The number of nitrogens with one attached hydrogen (secondary N) is 1. The molecule has 0 spiro atoms. The molecule has 6 aromatic carbocycles. The standard InChI is InChI=1S/C42H28N2O2/c1-3-12-27(13-4-1)34-19-11-20-35(28-14-5-2-6-15-28)44-42(43-34)32-18-10-23-39-41(32)33-26-29(24-25-37(33)46-39)30-17-9-22-38-40(30)31-16-7-8-21-36(31)45-38/h1-10,12-26H,11H2,(H,43,44)/b34-19+,35-20?. The van der Waals surface area contributed by atoms with Crippen molar-refractivity contribution in [2.45, 2.75) is 6.42 Å². The maximum atomic E-state index is 6.47. The summed E-state index contributed by atoms with van der Waals surface area (Å²) in [4.78, 5) is 5.31. The van der Waals surface area contributed by atoms with Crippen LogP contribution in [0.4, 0.5) is 0 Å². The Morgan fingerprint density at radius 1 is 0.478 bits per heavy atom. The zero-order valence-electron chi connectivity index (χ0n) is 24.9. The third-order valence-electron chi connectivity index (χ3n) is 8.74. The van der Waals surface area contributed by atoms with Gasteiger partial charge in [-0.1, -0.05) is 121 Å². The minimum absolute atomic E-state index is 0.759. The van der Waals surface area contributed by atoms with Crippen LogP contribution in [0.2, 0.25) is 0 Å². The molecule has 0 fully saturated rings. The third-order valence-corrected chi connectivity index (χ3v) is 8.74. The number of hydrogen-bond donors (Lipinski definition) is 1. The van der Waals surface area contributed by atoms with Crippen molar-refractivity contribution in [3.8, 4) is 11.1 Å². The van der Waals surface area contributed by atoms with Gasteiger partial charge < -0.3 is 14.2 Å². The van der Waals surface area contributed by atoms with E-state index in [4.69, 9.17) is 13.8 Å². The van der Waals surface area contributed by atoms with Crippen molar-refractivity contribution in [2.24, 2.45) is 4.99 Å². The molecule has 46 heavy (non-hydrogen) atoms. The number of nitrogens with zero attached hydrogens (tertiary/aromatic N) is 1. The molecule has 0 aliphatic carbocycles. The average Bonchev–Trinajstić information content (AvgIpc) is 3.67. The normalized spacial score (nSPS) is 14.8. The van der Waals surface area contributed by atoms with Crippen molar-refractivity contribution in [1.82, 2.24) is 5.32 Å². The van der Waals surface area contributed by atoms with Crippen molar-refractivity contribution < 1.29 is 8.83 Å². The highest BCUT2D eigenvalue weighted by Gasteiger charge is 2.20. The molecule has 3 heterocycles. The zero-order chi connectivity index (χ0) is 30.5. The molecule has 1 N–H and O–H groups in total. The lowest BCUT2D eigenvalue weighted by Crippen LogP contribution is -2.24. The van der Waals surface area contributed by atoms with Crippen LogP contribution in [0.3, 0.4) is 0 Å². The van der Waals surface area contributed by atoms with E-state index >= 15 is 0 Å². The first kappa shape index (κ1) is 26.3. The van der Waals surface area contributed by atoms with E-state index in [1.54, 1.807) is 0 Å². The molecular weight excluding hydrogens is 564 g/mol. The molecule has 0 unspecified atom stereocenters. The average molecular weight is 593 g/mol. The molecule has 9 rings (SSSR count). The van der Waals surface area contributed by atoms with Crippen LogP contribution in [0.1, 0.15) is 23.1 Å². The van der Waals surface area contributed by atoms with Crippen LogP contribution in [-0.2, 0) is 0 Å². The van der Waals surface area contributed by atoms with Crippen LogP contribution in [0.25, 0.3) is 66.4 Å². The summed E-state index contributed by atoms with van der Waals surface area (Å²) in [7, 11) is 0. The van der Waals surface area contributed by atoms with Gasteiger partial charge in [0.25, 0.3) is 0 Å². The van der Waals surface area contributed by atoms with Gasteiger partial charge >= 0.3 is 0 Å². The molecule has 0 saturated carbocycles. The maximum absolute atomic E-state index is 6.47. The number of benzene rings is 6. The zero-order valence-corrected chi connectivity index (χ0v) is 24.9. The van der Waals surface area contributed by atoms with E-state index in [0.717, 1.165) is 95.3 Å². The Morgan fingerprint density at radius 2 is 1.11 bits per heavy atom. The highest BCUT2D eigenvalue weighted by molar-refractivity contribution is 6.21. The van der Waals surface area contributed by atoms with E-state index in [-0.39, 0.29) is 0 Å². The summed E-state index contributed by atoms with van der Waals surface area (Å²) in [6.07, 6.45) is 5.18. The fourth-order valence-electron chi connectivity index (χ4n) is 6.59. The van der Waals surface area contributed by atoms with Gasteiger partial charge in [0.1, 0.15) is 28.2 Å². The van der Waals surface area contributed by atoms with Crippen LogP contribution in [0.5, 0.6) is 0 Å². The fraction of sp³-hybridized carbons (Fsp3) is 0.0238. The monoisotopic (exact) mass is 592 g/mol. The molecule has 0 atom stereocenters. The predicted molar refractivity (Wildman–Crippen MR) is 190 cm³/mol. The second kappa shape index (κ2) is 10.8. The van der Waals surface area contributed by atoms with Crippen molar-refractivity contribution in [1.29, 1.82) is 0 Å².